The van der Waals surface area contributed by atoms with Gasteiger partial charge in [-0.2, -0.15) is 0 Å². The maximum Gasteiger partial charge on any atom is 0.132 e. The van der Waals surface area contributed by atoms with Crippen molar-refractivity contribution in [3.8, 4) is 34.1 Å². The predicted octanol–water partition coefficient (Wildman–Crippen LogP) is 8.97. The van der Waals surface area contributed by atoms with Crippen LogP contribution in [-0.4, -0.2) is 10.2 Å². The van der Waals surface area contributed by atoms with Gasteiger partial charge in [0.25, 0.3) is 0 Å². The molecule has 3 nitrogen and oxygen atoms in total. The second kappa shape index (κ2) is 8.39. The molecule has 3 heteroatoms. The fourth-order valence-electron chi connectivity index (χ4n) is 5.82. The number of benzene rings is 6. The average Bonchev–Trinajstić information content (AvgIpc) is 2.94. The van der Waals surface area contributed by atoms with E-state index in [1.165, 1.54) is 5.56 Å². The molecule has 0 unspecified atom stereocenters. The van der Waals surface area contributed by atoms with Gasteiger partial charge in [-0.05, 0) is 99.6 Å². The van der Waals surface area contributed by atoms with E-state index in [0.717, 1.165) is 66.4 Å². The molecule has 0 spiro atoms. The van der Waals surface area contributed by atoms with E-state index < -0.39 is 0 Å². The number of hydrogen-bond acceptors (Lipinski definition) is 3. The third-order valence-corrected chi connectivity index (χ3v) is 7.82. The Morgan fingerprint density at radius 3 is 1.58 bits per heavy atom. The molecule has 1 heterocycles. The van der Waals surface area contributed by atoms with Crippen LogP contribution in [0.15, 0.2) is 103 Å². The van der Waals surface area contributed by atoms with Gasteiger partial charge in [-0.1, -0.05) is 66.7 Å². The minimum absolute atomic E-state index is 0.157. The first-order valence-electron chi connectivity index (χ1n) is 12.8. The van der Waals surface area contributed by atoms with Gasteiger partial charge >= 0.3 is 0 Å². The molecule has 184 valence electrons. The summed E-state index contributed by atoms with van der Waals surface area (Å²) in [4.78, 5) is 0. The molecule has 38 heavy (non-hydrogen) atoms. The maximum absolute atomic E-state index is 10.7. The van der Waals surface area contributed by atoms with E-state index in [0.29, 0.717) is 0 Å². The Kier molecular flexibility index (Phi) is 4.95. The van der Waals surface area contributed by atoms with E-state index in [1.807, 2.05) is 56.3 Å². The topological polar surface area (TPSA) is 49.7 Å². The van der Waals surface area contributed by atoms with Crippen molar-refractivity contribution < 1.29 is 14.9 Å². The predicted molar refractivity (Wildman–Crippen MR) is 154 cm³/mol. The quantitative estimate of drug-likeness (QED) is 0.252. The summed E-state index contributed by atoms with van der Waals surface area (Å²) in [6.07, 6.45) is 0. The van der Waals surface area contributed by atoms with Gasteiger partial charge in [-0.25, -0.2) is 0 Å². The van der Waals surface area contributed by atoms with Crippen LogP contribution in [0.4, 0.5) is 0 Å². The molecule has 0 aliphatic carbocycles. The Labute approximate surface area is 221 Å². The molecule has 0 bridgehead atoms. The molecule has 6 aromatic carbocycles. The zero-order valence-corrected chi connectivity index (χ0v) is 21.2. The highest BCUT2D eigenvalue weighted by atomic mass is 16.5. The minimum Gasteiger partial charge on any atom is -0.508 e. The fourth-order valence-corrected chi connectivity index (χ4v) is 5.82. The molecule has 1 aliphatic rings. The van der Waals surface area contributed by atoms with Crippen molar-refractivity contribution in [1.82, 2.24) is 0 Å². The van der Waals surface area contributed by atoms with Crippen LogP contribution in [0, 0.1) is 13.8 Å². The molecule has 0 atom stereocenters. The molecule has 0 saturated heterocycles. The Bertz CT molecular complexity index is 1770. The number of phenols is 2. The van der Waals surface area contributed by atoms with E-state index in [4.69, 9.17) is 4.74 Å². The smallest absolute Gasteiger partial charge is 0.132 e. The Morgan fingerprint density at radius 2 is 1.05 bits per heavy atom. The van der Waals surface area contributed by atoms with Gasteiger partial charge < -0.3 is 14.9 Å². The fraction of sp³-hybridized carbons (Fsp3) is 0.0857. The SMILES string of the molecule is Cc1cc2ccc3c(c2cc1O)C(c1ccc(-c2ccccc2)cc1)c1c(ccc2cc(C)c(O)cc12)O3. The number of ether oxygens (including phenoxy) is 1. The first-order chi connectivity index (χ1) is 18.5. The lowest BCUT2D eigenvalue weighted by molar-refractivity contribution is 0.455. The van der Waals surface area contributed by atoms with Crippen molar-refractivity contribution in [2.45, 2.75) is 19.8 Å². The highest BCUT2D eigenvalue weighted by Gasteiger charge is 2.32. The molecule has 0 saturated carbocycles. The Morgan fingerprint density at radius 1 is 0.553 bits per heavy atom. The minimum atomic E-state index is -0.157. The van der Waals surface area contributed by atoms with E-state index >= 15 is 0 Å². The normalized spacial score (nSPS) is 12.8. The van der Waals surface area contributed by atoms with Gasteiger partial charge in [0, 0.05) is 17.0 Å². The van der Waals surface area contributed by atoms with Gasteiger partial charge in [0.05, 0.1) is 0 Å². The summed E-state index contributed by atoms with van der Waals surface area (Å²) < 4.78 is 6.52. The molecule has 0 amide bonds. The third kappa shape index (κ3) is 3.43. The highest BCUT2D eigenvalue weighted by Crippen LogP contribution is 2.53. The van der Waals surface area contributed by atoms with Crippen LogP contribution >= 0.6 is 0 Å². The monoisotopic (exact) mass is 494 g/mol. The van der Waals surface area contributed by atoms with Crippen LogP contribution in [-0.2, 0) is 0 Å². The van der Waals surface area contributed by atoms with Gasteiger partial charge in [0.2, 0.25) is 0 Å². The molecular formula is C35H26O3. The second-order valence-electron chi connectivity index (χ2n) is 10.2. The van der Waals surface area contributed by atoms with Gasteiger partial charge in [0.1, 0.15) is 23.0 Å². The van der Waals surface area contributed by atoms with Crippen molar-refractivity contribution in [2.24, 2.45) is 0 Å². The van der Waals surface area contributed by atoms with Crippen LogP contribution in [0.1, 0.15) is 33.7 Å². The summed E-state index contributed by atoms with van der Waals surface area (Å²) >= 11 is 0. The van der Waals surface area contributed by atoms with E-state index in [9.17, 15) is 10.2 Å². The van der Waals surface area contributed by atoms with Crippen LogP contribution in [0.3, 0.4) is 0 Å². The van der Waals surface area contributed by atoms with Crippen LogP contribution in [0.5, 0.6) is 23.0 Å². The summed E-state index contributed by atoms with van der Waals surface area (Å²) in [7, 11) is 0. The Balaban J connectivity index is 1.53. The van der Waals surface area contributed by atoms with Gasteiger partial charge in [-0.3, -0.25) is 0 Å². The number of hydrogen-bond donors (Lipinski definition) is 2. The van der Waals surface area contributed by atoms with Crippen molar-refractivity contribution in [3.05, 3.63) is 131 Å². The summed E-state index contributed by atoms with van der Waals surface area (Å²) in [5, 5.41) is 25.4. The first-order valence-corrected chi connectivity index (χ1v) is 12.8. The molecule has 0 fully saturated rings. The van der Waals surface area contributed by atoms with Crippen molar-refractivity contribution in [3.63, 3.8) is 0 Å². The number of fused-ring (bicyclic) bond motifs is 6. The molecule has 1 aliphatic heterocycles. The number of phenolic OH excluding ortho intramolecular Hbond substituents is 2. The van der Waals surface area contributed by atoms with Crippen molar-refractivity contribution >= 4 is 21.5 Å². The van der Waals surface area contributed by atoms with Crippen LogP contribution < -0.4 is 4.74 Å². The second-order valence-corrected chi connectivity index (χ2v) is 10.2. The van der Waals surface area contributed by atoms with E-state index in [2.05, 4.69) is 60.7 Å². The summed E-state index contributed by atoms with van der Waals surface area (Å²) in [5.74, 6) is 1.93. The lowest BCUT2D eigenvalue weighted by atomic mass is 9.78. The van der Waals surface area contributed by atoms with E-state index in [1.54, 1.807) is 0 Å². The largest absolute Gasteiger partial charge is 0.508 e. The Hall–Kier alpha value is -4.76. The van der Waals surface area contributed by atoms with Crippen molar-refractivity contribution in [2.75, 3.05) is 0 Å². The molecule has 0 radical (unpaired) electrons. The molecule has 2 N–H and O–H groups in total. The average molecular weight is 495 g/mol. The molecule has 6 aromatic rings. The van der Waals surface area contributed by atoms with Crippen LogP contribution in [0.2, 0.25) is 0 Å². The van der Waals surface area contributed by atoms with Crippen LogP contribution in [0.25, 0.3) is 32.7 Å². The zero-order chi connectivity index (χ0) is 26.0. The van der Waals surface area contributed by atoms with E-state index in [-0.39, 0.29) is 17.4 Å². The summed E-state index contributed by atoms with van der Waals surface area (Å²) in [5.41, 5.74) is 7.15. The van der Waals surface area contributed by atoms with Gasteiger partial charge in [-0.15, -0.1) is 0 Å². The van der Waals surface area contributed by atoms with Crippen molar-refractivity contribution in [1.29, 1.82) is 0 Å². The highest BCUT2D eigenvalue weighted by molar-refractivity contribution is 5.96. The standard InChI is InChI=1S/C35H26O3/c1-20-16-25-12-14-31-34(27(25)18-29(20)36)33(24-10-8-23(9-11-24)22-6-4-3-5-7-22)35-28-19-30(37)21(2)17-26(28)13-15-32(35)38-31/h3-19,33,36-37H,1-2H3. The molecular weight excluding hydrogens is 468 g/mol. The summed E-state index contributed by atoms with van der Waals surface area (Å²) in [6, 6.07) is 35.0. The van der Waals surface area contributed by atoms with Gasteiger partial charge in [0.15, 0.2) is 0 Å². The maximum atomic E-state index is 10.7. The summed E-state index contributed by atoms with van der Waals surface area (Å²) in [6.45, 7) is 3.83. The first kappa shape index (κ1) is 22.4. The third-order valence-electron chi connectivity index (χ3n) is 7.82. The number of rotatable bonds is 2. The number of aromatic hydroxyl groups is 2. The number of aryl methyl sites for hydroxylation is 2. The zero-order valence-electron chi connectivity index (χ0n) is 21.2. The molecule has 0 aromatic heterocycles. The lowest BCUT2D eigenvalue weighted by Gasteiger charge is -2.31. The lowest BCUT2D eigenvalue weighted by Crippen LogP contribution is -2.13. The molecule has 7 rings (SSSR count).